The number of hydrogen-bond acceptors (Lipinski definition) is 5. The number of amides is 3. The van der Waals surface area contributed by atoms with E-state index in [2.05, 4.69) is 34.7 Å². The van der Waals surface area contributed by atoms with Crippen molar-refractivity contribution in [3.05, 3.63) is 76.3 Å². The van der Waals surface area contributed by atoms with Crippen LogP contribution in [0.1, 0.15) is 44.1 Å². The van der Waals surface area contributed by atoms with Gasteiger partial charge < -0.3 is 25.2 Å². The smallest absolute Gasteiger partial charge is 0.246 e. The maximum Gasteiger partial charge on any atom is 0.246 e. The van der Waals surface area contributed by atoms with Crippen LogP contribution >= 0.6 is 23.2 Å². The fourth-order valence-electron chi connectivity index (χ4n) is 7.37. The third kappa shape index (κ3) is 6.07. The van der Waals surface area contributed by atoms with Gasteiger partial charge in [0.2, 0.25) is 17.7 Å². The lowest BCUT2D eigenvalue weighted by Gasteiger charge is -2.34. The maximum absolute atomic E-state index is 14.2. The van der Waals surface area contributed by atoms with Gasteiger partial charge in [-0.15, -0.1) is 0 Å². The molecule has 3 aliphatic heterocycles. The zero-order valence-electron chi connectivity index (χ0n) is 24.3. The van der Waals surface area contributed by atoms with E-state index in [0.717, 1.165) is 38.8 Å². The highest BCUT2D eigenvalue weighted by Crippen LogP contribution is 2.55. The van der Waals surface area contributed by atoms with Crippen LogP contribution in [0.2, 0.25) is 10.0 Å². The summed E-state index contributed by atoms with van der Waals surface area (Å²) in [5, 5.41) is 6.91. The van der Waals surface area contributed by atoms with Crippen LogP contribution < -0.4 is 10.6 Å². The van der Waals surface area contributed by atoms with Gasteiger partial charge in [0, 0.05) is 34.9 Å². The quantitative estimate of drug-likeness (QED) is 0.361. The number of nitrogens with one attached hydrogen (secondary N) is 2. The molecule has 0 unspecified atom stereocenters. The Morgan fingerprint density at radius 3 is 2.49 bits per heavy atom. The molecule has 10 heteroatoms. The zero-order valence-corrected chi connectivity index (χ0v) is 25.8. The molecule has 0 aromatic heterocycles. The first-order valence-corrected chi connectivity index (χ1v) is 16.0. The van der Waals surface area contributed by atoms with Crippen LogP contribution in [-0.2, 0) is 25.7 Å². The normalized spacial score (nSPS) is 28.0. The maximum atomic E-state index is 14.2. The van der Waals surface area contributed by atoms with E-state index < -0.39 is 29.6 Å². The number of likely N-dealkylation sites (tertiary alicyclic amines) is 1. The predicted octanol–water partition coefficient (Wildman–Crippen LogP) is 5.05. The van der Waals surface area contributed by atoms with Gasteiger partial charge in [-0.2, -0.15) is 0 Å². The number of benzene rings is 2. The highest BCUT2D eigenvalue weighted by atomic mass is 35.5. The topological polar surface area (TPSA) is 91.0 Å². The van der Waals surface area contributed by atoms with E-state index in [1.807, 2.05) is 30.4 Å². The minimum absolute atomic E-state index is 0.0833. The molecule has 43 heavy (non-hydrogen) atoms. The van der Waals surface area contributed by atoms with Crippen molar-refractivity contribution >= 4 is 46.6 Å². The van der Waals surface area contributed by atoms with Crippen molar-refractivity contribution in [2.45, 2.75) is 68.9 Å². The second-order valence-corrected chi connectivity index (χ2v) is 13.2. The van der Waals surface area contributed by atoms with Crippen molar-refractivity contribution in [3.63, 3.8) is 0 Å². The van der Waals surface area contributed by atoms with Gasteiger partial charge in [-0.25, -0.2) is 0 Å². The Balaban J connectivity index is 1.22. The van der Waals surface area contributed by atoms with Crippen LogP contribution in [0, 0.1) is 11.8 Å². The summed E-state index contributed by atoms with van der Waals surface area (Å²) >= 11 is 12.3. The van der Waals surface area contributed by atoms with E-state index >= 15 is 0 Å². The molecular weight excluding hydrogens is 587 g/mol. The molecule has 2 aromatic rings. The summed E-state index contributed by atoms with van der Waals surface area (Å²) in [5.41, 5.74) is 0.467. The SMILES string of the molecule is CN(CCCN1C(=O)[C@H]2[C@@H](C(=O)Nc3cc(Cl)cc(Cl)c3)[C@H]3C=C[C@@]2(O3)[C@@H]1C(=O)NC1CCCCC1)Cc1ccccc1. The average molecular weight is 626 g/mol. The summed E-state index contributed by atoms with van der Waals surface area (Å²) in [7, 11) is 2.05. The molecule has 3 fully saturated rings. The number of carbonyl (C=O) groups excluding carboxylic acids is 3. The molecule has 1 spiro atoms. The van der Waals surface area contributed by atoms with Crippen molar-refractivity contribution in [3.8, 4) is 0 Å². The molecule has 3 amide bonds. The number of halogens is 2. The molecule has 1 aliphatic carbocycles. The largest absolute Gasteiger partial charge is 0.359 e. The molecule has 2 N–H and O–H groups in total. The fraction of sp³-hybridized carbons (Fsp3) is 0.485. The first-order valence-electron chi connectivity index (χ1n) is 15.2. The summed E-state index contributed by atoms with van der Waals surface area (Å²) in [6.07, 6.45) is 8.94. The number of rotatable bonds is 10. The van der Waals surface area contributed by atoms with Crippen molar-refractivity contribution < 1.29 is 19.1 Å². The van der Waals surface area contributed by atoms with Gasteiger partial charge in [0.25, 0.3) is 0 Å². The first kappa shape index (κ1) is 30.1. The number of hydrogen-bond donors (Lipinski definition) is 2. The van der Waals surface area contributed by atoms with Crippen molar-refractivity contribution in [2.75, 3.05) is 25.5 Å². The molecular formula is C33H38Cl2N4O4. The fourth-order valence-corrected chi connectivity index (χ4v) is 7.90. The Labute approximate surface area is 262 Å². The summed E-state index contributed by atoms with van der Waals surface area (Å²) < 4.78 is 6.47. The van der Waals surface area contributed by atoms with Gasteiger partial charge in [-0.05, 0) is 56.6 Å². The number of fused-ring (bicyclic) bond motifs is 1. The van der Waals surface area contributed by atoms with Crippen molar-refractivity contribution in [2.24, 2.45) is 11.8 Å². The van der Waals surface area contributed by atoms with Gasteiger partial charge in [0.1, 0.15) is 11.6 Å². The summed E-state index contributed by atoms with van der Waals surface area (Å²) in [6.45, 7) is 1.92. The molecule has 5 atom stereocenters. The Hall–Kier alpha value is -2.91. The van der Waals surface area contributed by atoms with Crippen LogP contribution in [-0.4, -0.2) is 71.4 Å². The van der Waals surface area contributed by atoms with Crippen LogP contribution in [0.4, 0.5) is 5.69 Å². The third-order valence-corrected chi connectivity index (χ3v) is 9.68. The van der Waals surface area contributed by atoms with Gasteiger partial charge in [0.15, 0.2) is 0 Å². The lowest BCUT2D eigenvalue weighted by atomic mass is 9.74. The molecule has 2 aromatic carbocycles. The van der Waals surface area contributed by atoms with E-state index in [4.69, 9.17) is 27.9 Å². The molecule has 0 radical (unpaired) electrons. The number of anilines is 1. The summed E-state index contributed by atoms with van der Waals surface area (Å²) in [5.74, 6) is -2.37. The molecule has 2 saturated heterocycles. The Bertz CT molecular complexity index is 1380. The lowest BCUT2D eigenvalue weighted by Crippen LogP contribution is -2.56. The number of carbonyl (C=O) groups is 3. The standard InChI is InChI=1S/C33H38Cl2N4O4/c1-38(20-21-9-4-2-5-10-21)15-8-16-39-29(31(41)36-24-11-6-3-7-12-24)33-14-13-26(43-33)27(28(33)32(39)42)30(40)37-25-18-22(34)17-23(35)19-25/h2,4-5,9-10,13-14,17-19,24,26-29H,3,6-8,11-12,15-16,20H2,1H3,(H,36,41)(H,37,40)/t26-,27+,28-,29+,33+/m1/s1. The van der Waals surface area contributed by atoms with E-state index in [9.17, 15) is 14.4 Å². The second kappa shape index (κ2) is 12.6. The minimum Gasteiger partial charge on any atom is -0.359 e. The average Bonchev–Trinajstić information content (AvgIpc) is 3.61. The zero-order chi connectivity index (χ0) is 30.1. The third-order valence-electron chi connectivity index (χ3n) is 9.24. The van der Waals surface area contributed by atoms with Crippen molar-refractivity contribution in [1.29, 1.82) is 0 Å². The van der Waals surface area contributed by atoms with E-state index in [1.165, 1.54) is 12.0 Å². The summed E-state index contributed by atoms with van der Waals surface area (Å²) in [6, 6.07) is 14.3. The molecule has 3 heterocycles. The molecule has 2 bridgehead atoms. The molecule has 6 rings (SSSR count). The molecule has 8 nitrogen and oxygen atoms in total. The van der Waals surface area contributed by atoms with Crippen molar-refractivity contribution in [1.82, 2.24) is 15.1 Å². The van der Waals surface area contributed by atoms with Gasteiger partial charge in [0.05, 0.1) is 17.9 Å². The van der Waals surface area contributed by atoms with Crippen LogP contribution in [0.15, 0.2) is 60.7 Å². The summed E-state index contributed by atoms with van der Waals surface area (Å²) in [4.78, 5) is 45.8. The van der Waals surface area contributed by atoms with Gasteiger partial charge in [-0.3, -0.25) is 14.4 Å². The first-order chi connectivity index (χ1) is 20.7. The van der Waals surface area contributed by atoms with E-state index in [1.54, 1.807) is 23.1 Å². The van der Waals surface area contributed by atoms with E-state index in [0.29, 0.717) is 28.7 Å². The Morgan fingerprint density at radius 1 is 1.05 bits per heavy atom. The highest BCUT2D eigenvalue weighted by Gasteiger charge is 2.72. The lowest BCUT2D eigenvalue weighted by molar-refractivity contribution is -0.141. The van der Waals surface area contributed by atoms with Crippen LogP contribution in [0.3, 0.4) is 0 Å². The Kier molecular flexibility index (Phi) is 8.83. The monoisotopic (exact) mass is 624 g/mol. The number of nitrogens with zero attached hydrogens (tertiary/aromatic N) is 2. The van der Waals surface area contributed by atoms with Gasteiger partial charge >= 0.3 is 0 Å². The van der Waals surface area contributed by atoms with E-state index in [-0.39, 0.29) is 23.8 Å². The van der Waals surface area contributed by atoms with Crippen LogP contribution in [0.5, 0.6) is 0 Å². The predicted molar refractivity (Wildman–Crippen MR) is 167 cm³/mol. The number of ether oxygens (including phenoxy) is 1. The highest BCUT2D eigenvalue weighted by molar-refractivity contribution is 6.35. The van der Waals surface area contributed by atoms with Gasteiger partial charge in [-0.1, -0.05) is 84.9 Å². The molecule has 4 aliphatic rings. The second-order valence-electron chi connectivity index (χ2n) is 12.3. The molecule has 228 valence electrons. The molecule has 1 saturated carbocycles. The minimum atomic E-state index is -1.19. The Morgan fingerprint density at radius 2 is 1.77 bits per heavy atom. The van der Waals surface area contributed by atoms with Crippen LogP contribution in [0.25, 0.3) is 0 Å².